The molecule has 1 aliphatic carbocycles. The van der Waals surface area contributed by atoms with Crippen LogP contribution in [0, 0.1) is 5.92 Å². The van der Waals surface area contributed by atoms with Gasteiger partial charge in [0, 0.05) is 12.5 Å². The quantitative estimate of drug-likeness (QED) is 0.853. The Morgan fingerprint density at radius 2 is 2.10 bits per heavy atom. The van der Waals surface area contributed by atoms with Crippen LogP contribution < -0.4 is 10.5 Å². The van der Waals surface area contributed by atoms with Crippen LogP contribution in [0.3, 0.4) is 0 Å². The summed E-state index contributed by atoms with van der Waals surface area (Å²) < 4.78 is 21.5. The van der Waals surface area contributed by atoms with Crippen molar-refractivity contribution in [3.63, 3.8) is 0 Å². The summed E-state index contributed by atoms with van der Waals surface area (Å²) in [7, 11) is -3.56. The largest absolute Gasteiger partial charge is 0.355 e. The molecule has 8 heteroatoms. The number of nitrogens with one attached hydrogen (secondary N) is 1. The summed E-state index contributed by atoms with van der Waals surface area (Å²) in [4.78, 5) is 11.8. The predicted molar refractivity (Wildman–Crippen MR) is 78.3 cm³/mol. The lowest BCUT2D eigenvalue weighted by Crippen LogP contribution is -2.32. The number of carbonyl (C=O) groups excluding carboxylic acids is 1. The zero-order chi connectivity index (χ0) is 14.9. The van der Waals surface area contributed by atoms with E-state index in [1.165, 1.54) is 0 Å². The average Bonchev–Trinajstić information content (AvgIpc) is 3.11. The van der Waals surface area contributed by atoms with E-state index in [9.17, 15) is 13.2 Å². The molecule has 1 aliphatic rings. The maximum Gasteiger partial charge on any atom is 0.223 e. The van der Waals surface area contributed by atoms with Gasteiger partial charge in [-0.15, -0.1) is 0 Å². The molecule has 1 aromatic carbocycles. The smallest absolute Gasteiger partial charge is 0.223 e. The van der Waals surface area contributed by atoms with E-state index in [4.69, 9.17) is 28.3 Å². The van der Waals surface area contributed by atoms with E-state index in [0.29, 0.717) is 16.5 Å². The van der Waals surface area contributed by atoms with Gasteiger partial charge in [-0.25, -0.2) is 13.6 Å². The number of primary sulfonamides is 1. The summed E-state index contributed by atoms with van der Waals surface area (Å²) in [6.07, 6.45) is 0.682. The van der Waals surface area contributed by atoms with Crippen LogP contribution in [0.2, 0.25) is 10.0 Å². The minimum Gasteiger partial charge on any atom is -0.355 e. The van der Waals surface area contributed by atoms with Crippen molar-refractivity contribution in [3.05, 3.63) is 33.8 Å². The zero-order valence-corrected chi connectivity index (χ0v) is 12.8. The van der Waals surface area contributed by atoms with Crippen molar-refractivity contribution < 1.29 is 13.2 Å². The summed E-state index contributed by atoms with van der Waals surface area (Å²) in [5, 5.41) is 8.35. The minimum atomic E-state index is -3.56. The van der Waals surface area contributed by atoms with E-state index in [0.717, 1.165) is 5.56 Å². The minimum absolute atomic E-state index is 0.0180. The van der Waals surface area contributed by atoms with Crippen LogP contribution in [0.25, 0.3) is 0 Å². The van der Waals surface area contributed by atoms with E-state index in [1.54, 1.807) is 12.1 Å². The molecule has 0 aromatic heterocycles. The molecule has 0 spiro atoms. The molecule has 3 N–H and O–H groups in total. The number of rotatable bonds is 5. The van der Waals surface area contributed by atoms with E-state index in [1.807, 2.05) is 6.07 Å². The van der Waals surface area contributed by atoms with Crippen LogP contribution >= 0.6 is 23.2 Å². The lowest BCUT2D eigenvalue weighted by molar-refractivity contribution is -0.122. The molecule has 0 heterocycles. The van der Waals surface area contributed by atoms with Crippen molar-refractivity contribution in [1.29, 1.82) is 0 Å². The molecule has 5 nitrogen and oxygen atoms in total. The van der Waals surface area contributed by atoms with Crippen molar-refractivity contribution in [2.24, 2.45) is 11.1 Å². The number of benzene rings is 1. The van der Waals surface area contributed by atoms with Crippen LogP contribution in [0.15, 0.2) is 18.2 Å². The number of hydrogen-bond acceptors (Lipinski definition) is 3. The molecule has 2 rings (SSSR count). The van der Waals surface area contributed by atoms with Crippen molar-refractivity contribution in [2.75, 3.05) is 12.3 Å². The maximum absolute atomic E-state index is 11.8. The van der Waals surface area contributed by atoms with Gasteiger partial charge >= 0.3 is 0 Å². The Morgan fingerprint density at radius 1 is 1.40 bits per heavy atom. The van der Waals surface area contributed by atoms with Gasteiger partial charge in [0.1, 0.15) is 0 Å². The van der Waals surface area contributed by atoms with Gasteiger partial charge in [-0.05, 0) is 24.0 Å². The molecule has 2 atom stereocenters. The fourth-order valence-corrected chi connectivity index (χ4v) is 2.92. The molecule has 0 saturated heterocycles. The van der Waals surface area contributed by atoms with Crippen LogP contribution in [-0.2, 0) is 14.8 Å². The fourth-order valence-electron chi connectivity index (χ4n) is 2.08. The second-order valence-corrected chi connectivity index (χ2v) is 7.27. The molecular weight excluding hydrogens is 323 g/mol. The van der Waals surface area contributed by atoms with Gasteiger partial charge in [0.25, 0.3) is 0 Å². The number of carbonyl (C=O) groups is 1. The predicted octanol–water partition coefficient (Wildman–Crippen LogP) is 1.50. The highest BCUT2D eigenvalue weighted by Gasteiger charge is 2.44. The number of halogens is 2. The highest BCUT2D eigenvalue weighted by molar-refractivity contribution is 7.89. The van der Waals surface area contributed by atoms with Crippen LogP contribution in [0.1, 0.15) is 17.9 Å². The van der Waals surface area contributed by atoms with Gasteiger partial charge in [-0.3, -0.25) is 4.79 Å². The van der Waals surface area contributed by atoms with Gasteiger partial charge in [0.2, 0.25) is 15.9 Å². The third-order valence-electron chi connectivity index (χ3n) is 3.19. The summed E-state index contributed by atoms with van der Waals surface area (Å²) in [5.74, 6) is -0.606. The third-order valence-corrected chi connectivity index (χ3v) is 4.80. The maximum atomic E-state index is 11.8. The van der Waals surface area contributed by atoms with E-state index >= 15 is 0 Å². The van der Waals surface area contributed by atoms with Gasteiger partial charge in [0.05, 0.1) is 15.8 Å². The van der Waals surface area contributed by atoms with Crippen LogP contribution in [0.4, 0.5) is 0 Å². The van der Waals surface area contributed by atoms with Crippen molar-refractivity contribution in [1.82, 2.24) is 5.32 Å². The molecular formula is C12H14Cl2N2O3S. The monoisotopic (exact) mass is 336 g/mol. The molecule has 0 aliphatic heterocycles. The lowest BCUT2D eigenvalue weighted by Gasteiger charge is -2.06. The van der Waals surface area contributed by atoms with Crippen molar-refractivity contribution >= 4 is 39.1 Å². The SMILES string of the molecule is NS(=O)(=O)CCNC(=O)[C@@H]1C[C@@H]1c1cccc(Cl)c1Cl. The normalized spacial score (nSPS) is 21.6. The number of amides is 1. The van der Waals surface area contributed by atoms with Crippen LogP contribution in [-0.4, -0.2) is 26.6 Å². The first-order chi connectivity index (χ1) is 9.29. The summed E-state index contributed by atoms with van der Waals surface area (Å²) in [6, 6.07) is 5.32. The molecule has 0 unspecified atom stereocenters. The van der Waals surface area contributed by atoms with Gasteiger partial charge in [-0.1, -0.05) is 35.3 Å². The van der Waals surface area contributed by atoms with Crippen LogP contribution in [0.5, 0.6) is 0 Å². The summed E-state index contributed by atoms with van der Waals surface area (Å²) in [5.41, 5.74) is 0.853. The highest BCUT2D eigenvalue weighted by atomic mass is 35.5. The van der Waals surface area contributed by atoms with Gasteiger partial charge in [0.15, 0.2) is 0 Å². The Hall–Kier alpha value is -0.820. The summed E-state index contributed by atoms with van der Waals surface area (Å²) >= 11 is 12.0. The first-order valence-electron chi connectivity index (χ1n) is 6.01. The average molecular weight is 337 g/mol. The molecule has 1 aromatic rings. The Labute approximate surface area is 127 Å². The third kappa shape index (κ3) is 3.85. The second kappa shape index (κ2) is 5.89. The van der Waals surface area contributed by atoms with Gasteiger partial charge in [-0.2, -0.15) is 0 Å². The molecule has 1 saturated carbocycles. The molecule has 1 amide bonds. The number of hydrogen-bond donors (Lipinski definition) is 2. The molecule has 110 valence electrons. The van der Waals surface area contributed by atoms with Crippen molar-refractivity contribution in [2.45, 2.75) is 12.3 Å². The molecule has 0 radical (unpaired) electrons. The Kier molecular flexibility index (Phi) is 4.59. The Bertz CT molecular complexity index is 634. The van der Waals surface area contributed by atoms with E-state index in [-0.39, 0.29) is 30.0 Å². The number of nitrogens with two attached hydrogens (primary N) is 1. The van der Waals surface area contributed by atoms with E-state index < -0.39 is 10.0 Å². The summed E-state index contributed by atoms with van der Waals surface area (Å²) in [6.45, 7) is 0.0180. The Morgan fingerprint density at radius 3 is 2.75 bits per heavy atom. The fraction of sp³-hybridized carbons (Fsp3) is 0.417. The Balaban J connectivity index is 1.91. The van der Waals surface area contributed by atoms with E-state index in [2.05, 4.69) is 5.32 Å². The topological polar surface area (TPSA) is 89.3 Å². The molecule has 0 bridgehead atoms. The highest BCUT2D eigenvalue weighted by Crippen LogP contribution is 2.50. The molecule has 20 heavy (non-hydrogen) atoms. The second-order valence-electron chi connectivity index (χ2n) is 4.75. The zero-order valence-electron chi connectivity index (χ0n) is 10.5. The van der Waals surface area contributed by atoms with Gasteiger partial charge < -0.3 is 5.32 Å². The lowest BCUT2D eigenvalue weighted by atomic mass is 10.1. The standard InChI is InChI=1S/C12H14Cl2N2O3S/c13-10-3-1-2-7(11(10)14)8-6-9(8)12(17)16-4-5-20(15,18)19/h1-3,8-9H,4-6H2,(H,16,17)(H2,15,18,19)/t8-,9-/m1/s1. The van der Waals surface area contributed by atoms with Crippen molar-refractivity contribution in [3.8, 4) is 0 Å². The first-order valence-corrected chi connectivity index (χ1v) is 8.49. The number of sulfonamides is 1. The first kappa shape index (κ1) is 15.6. The molecule has 1 fully saturated rings.